The van der Waals surface area contributed by atoms with Crippen LogP contribution in [0.25, 0.3) is 0 Å². The van der Waals surface area contributed by atoms with Gasteiger partial charge in [-0.25, -0.2) is 12.7 Å². The van der Waals surface area contributed by atoms with Crippen LogP contribution in [0.1, 0.15) is 26.7 Å². The van der Waals surface area contributed by atoms with Gasteiger partial charge in [0.05, 0.1) is 23.5 Å². The van der Waals surface area contributed by atoms with E-state index >= 15 is 0 Å². The lowest BCUT2D eigenvalue weighted by Gasteiger charge is -2.34. The summed E-state index contributed by atoms with van der Waals surface area (Å²) in [6.45, 7) is 5.24. The summed E-state index contributed by atoms with van der Waals surface area (Å²) in [6, 6.07) is 5.81. The number of amides is 1. The first-order valence-electron chi connectivity index (χ1n) is 9.41. The highest BCUT2D eigenvalue weighted by molar-refractivity contribution is 7.89. The van der Waals surface area contributed by atoms with Gasteiger partial charge in [0, 0.05) is 19.8 Å². The van der Waals surface area contributed by atoms with E-state index < -0.39 is 16.1 Å². The summed E-state index contributed by atoms with van der Waals surface area (Å²) in [5, 5.41) is 2.79. The van der Waals surface area contributed by atoms with Gasteiger partial charge >= 0.3 is 5.97 Å². The number of piperidine rings is 1. The second-order valence-electron chi connectivity index (χ2n) is 7.04. The quantitative estimate of drug-likeness (QED) is 0.684. The number of sulfonamides is 1. The van der Waals surface area contributed by atoms with Crippen molar-refractivity contribution >= 4 is 27.6 Å². The fourth-order valence-corrected chi connectivity index (χ4v) is 4.09. The molecule has 1 atom stereocenters. The van der Waals surface area contributed by atoms with E-state index in [1.54, 1.807) is 26.0 Å². The number of carbonyl (C=O) groups is 2. The molecule has 1 aliphatic rings. The van der Waals surface area contributed by atoms with E-state index in [4.69, 9.17) is 4.74 Å². The Balaban J connectivity index is 1.97. The van der Waals surface area contributed by atoms with Crippen molar-refractivity contribution in [1.29, 1.82) is 0 Å². The van der Waals surface area contributed by atoms with Crippen molar-refractivity contribution < 1.29 is 22.7 Å². The van der Waals surface area contributed by atoms with E-state index in [-0.39, 0.29) is 22.7 Å². The third kappa shape index (κ3) is 5.30. The Labute approximate surface area is 166 Å². The normalized spacial score (nSPS) is 17.3. The maximum absolute atomic E-state index is 12.6. The molecule has 156 valence electrons. The molecule has 1 heterocycles. The zero-order valence-electron chi connectivity index (χ0n) is 16.8. The SMILES string of the molecule is CCOC(=O)C1CCN([C@H](C)C(=O)Nc2cccc(S(=O)(=O)N(C)C)c2)CC1. The van der Waals surface area contributed by atoms with E-state index in [1.807, 2.05) is 4.90 Å². The molecule has 8 nitrogen and oxygen atoms in total. The number of nitrogens with one attached hydrogen (secondary N) is 1. The first-order valence-corrected chi connectivity index (χ1v) is 10.8. The van der Waals surface area contributed by atoms with Crippen molar-refractivity contribution in [2.45, 2.75) is 37.6 Å². The lowest BCUT2D eigenvalue weighted by atomic mass is 9.96. The van der Waals surface area contributed by atoms with Crippen LogP contribution in [0, 0.1) is 5.92 Å². The molecule has 1 aliphatic heterocycles. The number of anilines is 1. The van der Waals surface area contributed by atoms with Crippen LogP contribution >= 0.6 is 0 Å². The molecule has 0 radical (unpaired) electrons. The average Bonchev–Trinajstić information content (AvgIpc) is 2.67. The Morgan fingerprint density at radius 3 is 2.50 bits per heavy atom. The van der Waals surface area contributed by atoms with Gasteiger partial charge in [-0.3, -0.25) is 14.5 Å². The van der Waals surface area contributed by atoms with Gasteiger partial charge in [-0.15, -0.1) is 0 Å². The van der Waals surface area contributed by atoms with Gasteiger partial charge in [0.1, 0.15) is 0 Å². The maximum Gasteiger partial charge on any atom is 0.309 e. The molecule has 0 aliphatic carbocycles. The van der Waals surface area contributed by atoms with Crippen LogP contribution in [0.3, 0.4) is 0 Å². The number of likely N-dealkylation sites (tertiary alicyclic amines) is 1. The summed E-state index contributed by atoms with van der Waals surface area (Å²) < 4.78 is 30.7. The second kappa shape index (κ2) is 9.49. The maximum atomic E-state index is 12.6. The molecule has 2 rings (SSSR count). The van der Waals surface area contributed by atoms with Crippen molar-refractivity contribution in [3.05, 3.63) is 24.3 Å². The number of hydrogen-bond acceptors (Lipinski definition) is 6. The van der Waals surface area contributed by atoms with Crippen LogP contribution in [0.15, 0.2) is 29.2 Å². The molecule has 0 spiro atoms. The molecular weight excluding hydrogens is 382 g/mol. The van der Waals surface area contributed by atoms with Gasteiger partial charge in [-0.2, -0.15) is 0 Å². The molecule has 1 N–H and O–H groups in total. The molecule has 1 fully saturated rings. The van der Waals surface area contributed by atoms with Gasteiger partial charge in [0.2, 0.25) is 15.9 Å². The van der Waals surface area contributed by atoms with E-state index in [0.29, 0.717) is 38.2 Å². The molecule has 1 aromatic rings. The van der Waals surface area contributed by atoms with Crippen LogP contribution in [0.5, 0.6) is 0 Å². The molecule has 0 aromatic heterocycles. The van der Waals surface area contributed by atoms with Crippen LogP contribution in [0.2, 0.25) is 0 Å². The van der Waals surface area contributed by atoms with Crippen molar-refractivity contribution in [3.8, 4) is 0 Å². The number of ether oxygens (including phenoxy) is 1. The van der Waals surface area contributed by atoms with Gasteiger partial charge < -0.3 is 10.1 Å². The zero-order chi connectivity index (χ0) is 20.9. The molecule has 0 saturated carbocycles. The number of benzene rings is 1. The minimum atomic E-state index is -3.57. The van der Waals surface area contributed by atoms with Crippen molar-refractivity contribution in [2.24, 2.45) is 5.92 Å². The van der Waals surface area contributed by atoms with Crippen molar-refractivity contribution in [2.75, 3.05) is 39.1 Å². The van der Waals surface area contributed by atoms with Crippen LogP contribution in [-0.2, 0) is 24.3 Å². The van der Waals surface area contributed by atoms with Crippen LogP contribution < -0.4 is 5.32 Å². The summed E-state index contributed by atoms with van der Waals surface area (Å²) >= 11 is 0. The molecule has 1 aromatic carbocycles. The summed E-state index contributed by atoms with van der Waals surface area (Å²) in [5.74, 6) is -0.494. The smallest absolute Gasteiger partial charge is 0.309 e. The number of rotatable bonds is 7. The van der Waals surface area contributed by atoms with Crippen molar-refractivity contribution in [1.82, 2.24) is 9.21 Å². The van der Waals surface area contributed by atoms with E-state index in [0.717, 1.165) is 4.31 Å². The van der Waals surface area contributed by atoms with Crippen molar-refractivity contribution in [3.63, 3.8) is 0 Å². The summed E-state index contributed by atoms with van der Waals surface area (Å²) in [7, 11) is -0.645. The Kier molecular flexibility index (Phi) is 7.56. The third-order valence-corrected chi connectivity index (χ3v) is 6.77. The highest BCUT2D eigenvalue weighted by atomic mass is 32.2. The average molecular weight is 412 g/mol. The third-order valence-electron chi connectivity index (χ3n) is 4.96. The van der Waals surface area contributed by atoms with Gasteiger partial charge in [-0.1, -0.05) is 6.07 Å². The van der Waals surface area contributed by atoms with E-state index in [1.165, 1.54) is 26.2 Å². The molecule has 1 saturated heterocycles. The molecular formula is C19H29N3O5S. The Bertz CT molecular complexity index is 802. The van der Waals surface area contributed by atoms with Gasteiger partial charge in [0.25, 0.3) is 0 Å². The van der Waals surface area contributed by atoms with Crippen LogP contribution in [-0.4, -0.2) is 69.3 Å². The summed E-state index contributed by atoms with van der Waals surface area (Å²) in [4.78, 5) is 26.6. The Hall–Kier alpha value is -1.97. The van der Waals surface area contributed by atoms with E-state index in [2.05, 4.69) is 5.32 Å². The molecule has 28 heavy (non-hydrogen) atoms. The minimum absolute atomic E-state index is 0.112. The Morgan fingerprint density at radius 2 is 1.93 bits per heavy atom. The standard InChI is InChI=1S/C19H29N3O5S/c1-5-27-19(24)15-9-11-22(12-10-15)14(2)18(23)20-16-7-6-8-17(13-16)28(25,26)21(3)4/h6-8,13-15H,5,9-12H2,1-4H3,(H,20,23)/t14-/m1/s1. The first kappa shape index (κ1) is 22.3. The predicted octanol–water partition coefficient (Wildman–Crippen LogP) is 1.54. The Morgan fingerprint density at radius 1 is 1.29 bits per heavy atom. The van der Waals surface area contributed by atoms with Crippen LogP contribution in [0.4, 0.5) is 5.69 Å². The highest BCUT2D eigenvalue weighted by Crippen LogP contribution is 2.22. The highest BCUT2D eigenvalue weighted by Gasteiger charge is 2.30. The molecule has 1 amide bonds. The number of carbonyl (C=O) groups excluding carboxylic acids is 2. The van der Waals surface area contributed by atoms with Gasteiger partial charge in [0.15, 0.2) is 0 Å². The lowest BCUT2D eigenvalue weighted by Crippen LogP contribution is -2.47. The lowest BCUT2D eigenvalue weighted by molar-refractivity contribution is -0.149. The second-order valence-corrected chi connectivity index (χ2v) is 9.19. The zero-order valence-corrected chi connectivity index (χ0v) is 17.7. The first-order chi connectivity index (χ1) is 13.2. The monoisotopic (exact) mass is 411 g/mol. The fraction of sp³-hybridized carbons (Fsp3) is 0.579. The topological polar surface area (TPSA) is 96.0 Å². The molecule has 0 bridgehead atoms. The minimum Gasteiger partial charge on any atom is -0.466 e. The largest absolute Gasteiger partial charge is 0.466 e. The fourth-order valence-electron chi connectivity index (χ4n) is 3.14. The number of nitrogens with zero attached hydrogens (tertiary/aromatic N) is 2. The summed E-state index contributed by atoms with van der Waals surface area (Å²) in [5.41, 5.74) is 0.432. The van der Waals surface area contributed by atoms with E-state index in [9.17, 15) is 18.0 Å². The number of hydrogen-bond donors (Lipinski definition) is 1. The summed E-state index contributed by atoms with van der Waals surface area (Å²) in [6.07, 6.45) is 1.32. The predicted molar refractivity (Wildman–Crippen MR) is 106 cm³/mol. The molecule has 0 unspecified atom stereocenters. The number of esters is 1. The van der Waals surface area contributed by atoms with Gasteiger partial charge in [-0.05, 0) is 58.0 Å². The molecule has 9 heteroatoms.